The number of H-pyrrole nitrogens is 1. The maximum Gasteiger partial charge on any atom is 0.326 e. The Hall–Kier alpha value is -4.71. The predicted octanol–water partition coefficient (Wildman–Crippen LogP) is 1.13. The summed E-state index contributed by atoms with van der Waals surface area (Å²) < 4.78 is 0. The molecule has 1 heterocycles. The number of carbonyl (C=O) groups excluding carboxylic acids is 4. The van der Waals surface area contributed by atoms with Crippen LogP contribution in [-0.2, 0) is 36.8 Å². The number of primary amides is 1. The van der Waals surface area contributed by atoms with E-state index >= 15 is 0 Å². The summed E-state index contributed by atoms with van der Waals surface area (Å²) in [5.74, 6) is -4.28. The van der Waals surface area contributed by atoms with Crippen LogP contribution in [0.5, 0.6) is 0 Å². The van der Waals surface area contributed by atoms with Crippen LogP contribution in [0.3, 0.4) is 0 Å². The molecule has 4 amide bonds. The first-order valence-corrected chi connectivity index (χ1v) is 14.3. The van der Waals surface area contributed by atoms with Gasteiger partial charge in [-0.3, -0.25) is 19.2 Å². The second-order valence-corrected chi connectivity index (χ2v) is 10.7. The monoisotopic (exact) mass is 592 g/mol. The van der Waals surface area contributed by atoms with Crippen LogP contribution in [0.25, 0.3) is 10.9 Å². The summed E-state index contributed by atoms with van der Waals surface area (Å²) in [5, 5.41) is 18.4. The first-order valence-electron chi connectivity index (χ1n) is 14.3. The fourth-order valence-electron chi connectivity index (χ4n) is 4.73. The van der Waals surface area contributed by atoms with Crippen molar-refractivity contribution in [1.82, 2.24) is 20.9 Å². The summed E-state index contributed by atoms with van der Waals surface area (Å²) in [5.41, 5.74) is 14.0. The number of hydrogen-bond acceptors (Lipinski definition) is 6. The molecule has 0 aliphatic heterocycles. The minimum absolute atomic E-state index is 0.0574. The number of carbonyl (C=O) groups is 5. The van der Waals surface area contributed by atoms with E-state index < -0.39 is 53.8 Å². The van der Waals surface area contributed by atoms with Gasteiger partial charge in [-0.2, -0.15) is 0 Å². The third-order valence-electron chi connectivity index (χ3n) is 7.46. The number of benzene rings is 2. The van der Waals surface area contributed by atoms with Gasteiger partial charge >= 0.3 is 5.97 Å². The minimum atomic E-state index is -1.23. The molecule has 0 bridgehead atoms. The number of nitrogens with one attached hydrogen (secondary N) is 4. The van der Waals surface area contributed by atoms with E-state index in [4.69, 9.17) is 11.5 Å². The molecule has 0 fully saturated rings. The van der Waals surface area contributed by atoms with Crippen molar-refractivity contribution in [3.8, 4) is 0 Å². The molecular weight excluding hydrogens is 552 g/mol. The quantitative estimate of drug-likeness (QED) is 0.129. The predicted molar refractivity (Wildman–Crippen MR) is 161 cm³/mol. The largest absolute Gasteiger partial charge is 0.480 e. The van der Waals surface area contributed by atoms with Crippen molar-refractivity contribution in [2.24, 2.45) is 17.4 Å². The summed E-state index contributed by atoms with van der Waals surface area (Å²) in [6.45, 7) is 3.52. The van der Waals surface area contributed by atoms with Crippen molar-refractivity contribution >= 4 is 40.5 Å². The molecule has 9 N–H and O–H groups in total. The van der Waals surface area contributed by atoms with Gasteiger partial charge in [-0.25, -0.2) is 4.79 Å². The molecule has 2 aromatic carbocycles. The number of hydrogen-bond donors (Lipinski definition) is 7. The van der Waals surface area contributed by atoms with Crippen LogP contribution in [0.2, 0.25) is 0 Å². The number of aromatic amines is 1. The second-order valence-electron chi connectivity index (χ2n) is 10.7. The molecule has 0 saturated heterocycles. The van der Waals surface area contributed by atoms with E-state index in [9.17, 15) is 29.1 Å². The lowest BCUT2D eigenvalue weighted by atomic mass is 9.98. The van der Waals surface area contributed by atoms with Crippen LogP contribution in [0.1, 0.15) is 44.2 Å². The second kappa shape index (κ2) is 15.5. The van der Waals surface area contributed by atoms with Gasteiger partial charge in [-0.15, -0.1) is 0 Å². The van der Waals surface area contributed by atoms with Crippen molar-refractivity contribution in [2.45, 2.75) is 70.1 Å². The molecule has 0 aliphatic rings. The first kappa shape index (κ1) is 32.8. The molecule has 0 aliphatic carbocycles. The van der Waals surface area contributed by atoms with E-state index in [1.54, 1.807) is 43.5 Å². The topological polar surface area (TPSA) is 209 Å². The Morgan fingerprint density at radius 3 is 2.14 bits per heavy atom. The Bertz CT molecular complexity index is 1420. The highest BCUT2D eigenvalue weighted by molar-refractivity contribution is 5.95. The molecule has 0 spiro atoms. The minimum Gasteiger partial charge on any atom is -0.480 e. The highest BCUT2D eigenvalue weighted by atomic mass is 16.4. The van der Waals surface area contributed by atoms with Crippen molar-refractivity contribution in [2.75, 3.05) is 0 Å². The SMILES string of the molecule is CCC(C)C(NC(=O)C(Cc1ccccc1)NC(=O)C(CCC(N)=O)NC(=O)C(N)Cc1c[nH]c2ccccc12)C(=O)O. The molecule has 12 nitrogen and oxygen atoms in total. The van der Waals surface area contributed by atoms with E-state index in [0.717, 1.165) is 22.0 Å². The Morgan fingerprint density at radius 2 is 1.49 bits per heavy atom. The van der Waals surface area contributed by atoms with E-state index in [1.165, 1.54) is 0 Å². The van der Waals surface area contributed by atoms with Crippen molar-refractivity contribution in [3.63, 3.8) is 0 Å². The van der Waals surface area contributed by atoms with Gasteiger partial charge in [0.2, 0.25) is 23.6 Å². The van der Waals surface area contributed by atoms with E-state index in [1.807, 2.05) is 31.2 Å². The van der Waals surface area contributed by atoms with Gasteiger partial charge in [0, 0.05) is 29.9 Å². The highest BCUT2D eigenvalue weighted by Crippen LogP contribution is 2.19. The number of fused-ring (bicyclic) bond motifs is 1. The average molecular weight is 593 g/mol. The molecule has 0 radical (unpaired) electrons. The van der Waals surface area contributed by atoms with Gasteiger partial charge < -0.3 is 37.5 Å². The number of rotatable bonds is 16. The molecule has 5 unspecified atom stereocenters. The maximum absolute atomic E-state index is 13.5. The smallest absolute Gasteiger partial charge is 0.326 e. The Morgan fingerprint density at radius 1 is 0.860 bits per heavy atom. The van der Waals surface area contributed by atoms with Gasteiger partial charge in [0.25, 0.3) is 0 Å². The first-order chi connectivity index (χ1) is 20.5. The number of aliphatic carboxylic acids is 1. The summed E-state index contributed by atoms with van der Waals surface area (Å²) in [4.78, 5) is 66.5. The summed E-state index contributed by atoms with van der Waals surface area (Å²) >= 11 is 0. The van der Waals surface area contributed by atoms with Gasteiger partial charge in [-0.1, -0.05) is 68.8 Å². The molecule has 1 aromatic heterocycles. The average Bonchev–Trinajstić information content (AvgIpc) is 3.39. The zero-order valence-electron chi connectivity index (χ0n) is 24.3. The lowest BCUT2D eigenvalue weighted by Gasteiger charge is -2.26. The van der Waals surface area contributed by atoms with Gasteiger partial charge in [0.05, 0.1) is 6.04 Å². The molecule has 0 saturated carbocycles. The third-order valence-corrected chi connectivity index (χ3v) is 7.46. The van der Waals surface area contributed by atoms with Gasteiger partial charge in [0.15, 0.2) is 0 Å². The van der Waals surface area contributed by atoms with Crippen LogP contribution in [-0.4, -0.2) is 63.9 Å². The maximum atomic E-state index is 13.5. The normalized spacial score (nSPS) is 14.6. The lowest BCUT2D eigenvalue weighted by molar-refractivity contribution is -0.143. The zero-order valence-corrected chi connectivity index (χ0v) is 24.3. The van der Waals surface area contributed by atoms with Crippen molar-refractivity contribution in [3.05, 3.63) is 71.9 Å². The van der Waals surface area contributed by atoms with Crippen LogP contribution in [0.4, 0.5) is 0 Å². The van der Waals surface area contributed by atoms with Crippen molar-refractivity contribution in [1.29, 1.82) is 0 Å². The molecule has 12 heteroatoms. The zero-order chi connectivity index (χ0) is 31.5. The van der Waals surface area contributed by atoms with E-state index in [0.29, 0.717) is 6.42 Å². The molecule has 43 heavy (non-hydrogen) atoms. The van der Waals surface area contributed by atoms with Crippen molar-refractivity contribution < 1.29 is 29.1 Å². The number of nitrogens with two attached hydrogens (primary N) is 2. The van der Waals surface area contributed by atoms with Crippen LogP contribution >= 0.6 is 0 Å². The third kappa shape index (κ3) is 9.40. The van der Waals surface area contributed by atoms with E-state index in [2.05, 4.69) is 20.9 Å². The fraction of sp³-hybridized carbons (Fsp3) is 0.387. The lowest BCUT2D eigenvalue weighted by Crippen LogP contribution is -2.58. The number of amides is 4. The molecular formula is C31H40N6O6. The summed E-state index contributed by atoms with van der Waals surface area (Å²) in [6, 6.07) is 11.9. The molecule has 3 aromatic rings. The van der Waals surface area contributed by atoms with Crippen LogP contribution in [0, 0.1) is 5.92 Å². The molecule has 3 rings (SSSR count). The van der Waals surface area contributed by atoms with E-state index in [-0.39, 0.29) is 31.6 Å². The molecule has 5 atom stereocenters. The van der Waals surface area contributed by atoms with Crippen LogP contribution < -0.4 is 27.4 Å². The number of carboxylic acid groups (broad SMARTS) is 1. The highest BCUT2D eigenvalue weighted by Gasteiger charge is 2.32. The number of carboxylic acids is 1. The Kier molecular flexibility index (Phi) is 11.8. The number of aromatic nitrogens is 1. The summed E-state index contributed by atoms with van der Waals surface area (Å²) in [7, 11) is 0. The summed E-state index contributed by atoms with van der Waals surface area (Å²) in [6.07, 6.45) is 2.18. The standard InChI is InChI=1S/C31H40N6O6/c1-3-18(2)27(31(42)43)37-30(41)25(15-19-9-5-4-6-10-19)36-29(40)24(13-14-26(33)38)35-28(39)22(32)16-20-17-34-23-12-8-7-11-21(20)23/h4-12,17-18,22,24-25,27,34H,3,13-16,32H2,1-2H3,(H2,33,38)(H,35,39)(H,36,40)(H,37,41)(H,42,43). The Labute approximate surface area is 250 Å². The Balaban J connectivity index is 1.78. The van der Waals surface area contributed by atoms with Gasteiger partial charge in [-0.05, 0) is 36.0 Å². The van der Waals surface area contributed by atoms with Gasteiger partial charge in [0.1, 0.15) is 18.1 Å². The number of para-hydroxylation sites is 1. The van der Waals surface area contributed by atoms with Crippen LogP contribution in [0.15, 0.2) is 60.8 Å². The molecule has 230 valence electrons. The fourth-order valence-corrected chi connectivity index (χ4v) is 4.73.